The molecule has 1 atom stereocenters. The van der Waals surface area contributed by atoms with Crippen LogP contribution in [0.1, 0.15) is 43.2 Å². The highest BCUT2D eigenvalue weighted by Crippen LogP contribution is 2.30. The van der Waals surface area contributed by atoms with Gasteiger partial charge in [-0.15, -0.1) is 0 Å². The number of carbonyl (C=O) groups excluding carboxylic acids is 3. The fourth-order valence-corrected chi connectivity index (χ4v) is 4.51. The smallest absolute Gasteiger partial charge is 0.311 e. The van der Waals surface area contributed by atoms with Crippen molar-refractivity contribution in [2.45, 2.75) is 44.6 Å². The summed E-state index contributed by atoms with van der Waals surface area (Å²) in [5, 5.41) is 2.85. The zero-order valence-corrected chi connectivity index (χ0v) is 17.6. The molecule has 1 heterocycles. The molecule has 2 aromatic rings. The topological polar surface area (TPSA) is 75.7 Å². The second-order valence-corrected chi connectivity index (χ2v) is 8.36. The highest BCUT2D eigenvalue weighted by molar-refractivity contribution is 5.94. The lowest BCUT2D eigenvalue weighted by atomic mass is 10.0. The molecule has 6 nitrogen and oxygen atoms in total. The van der Waals surface area contributed by atoms with Crippen LogP contribution in [0.4, 0.5) is 5.69 Å². The molecule has 2 aromatic carbocycles. The second-order valence-electron chi connectivity index (χ2n) is 8.36. The molecule has 1 N–H and O–H groups in total. The summed E-state index contributed by atoms with van der Waals surface area (Å²) in [5.74, 6) is -1.31. The van der Waals surface area contributed by atoms with Gasteiger partial charge in [-0.25, -0.2) is 0 Å². The summed E-state index contributed by atoms with van der Waals surface area (Å²) in [6.45, 7) is 0.0521. The Bertz CT molecular complexity index is 938. The van der Waals surface area contributed by atoms with Crippen LogP contribution in [0.25, 0.3) is 0 Å². The van der Waals surface area contributed by atoms with E-state index in [2.05, 4.69) is 5.32 Å². The summed E-state index contributed by atoms with van der Waals surface area (Å²) in [5.41, 5.74) is 2.84. The number of esters is 1. The van der Waals surface area contributed by atoms with Crippen LogP contribution in [0.3, 0.4) is 0 Å². The Morgan fingerprint density at radius 1 is 1.00 bits per heavy atom. The van der Waals surface area contributed by atoms with Gasteiger partial charge in [-0.2, -0.15) is 0 Å². The van der Waals surface area contributed by atoms with Crippen molar-refractivity contribution in [3.8, 4) is 0 Å². The molecule has 1 aliphatic carbocycles. The highest BCUT2D eigenvalue weighted by atomic mass is 16.5. The molecule has 162 valence electrons. The molecule has 6 heteroatoms. The third-order valence-corrected chi connectivity index (χ3v) is 6.13. The van der Waals surface area contributed by atoms with E-state index in [1.54, 1.807) is 0 Å². The molecule has 0 radical (unpaired) electrons. The zero-order chi connectivity index (χ0) is 21.6. The predicted molar refractivity (Wildman–Crippen MR) is 117 cm³/mol. The van der Waals surface area contributed by atoms with E-state index in [0.29, 0.717) is 18.7 Å². The maximum Gasteiger partial charge on any atom is 0.311 e. The number of rotatable bonds is 7. The van der Waals surface area contributed by atoms with Crippen molar-refractivity contribution < 1.29 is 19.1 Å². The quantitative estimate of drug-likeness (QED) is 0.695. The molecule has 0 bridgehead atoms. The third-order valence-electron chi connectivity index (χ3n) is 6.13. The number of hydrogen-bond acceptors (Lipinski definition) is 4. The molecule has 0 aromatic heterocycles. The number of anilines is 1. The number of nitrogens with zero attached hydrogens (tertiary/aromatic N) is 1. The van der Waals surface area contributed by atoms with E-state index in [-0.39, 0.29) is 30.9 Å². The van der Waals surface area contributed by atoms with Crippen molar-refractivity contribution in [2.24, 2.45) is 5.92 Å². The molecule has 1 aliphatic heterocycles. The first kappa shape index (κ1) is 21.1. The average molecular weight is 421 g/mol. The van der Waals surface area contributed by atoms with Gasteiger partial charge in [-0.1, -0.05) is 61.4 Å². The first-order valence-electron chi connectivity index (χ1n) is 11.0. The van der Waals surface area contributed by atoms with Crippen molar-refractivity contribution in [3.63, 3.8) is 0 Å². The van der Waals surface area contributed by atoms with Gasteiger partial charge in [0, 0.05) is 24.7 Å². The Balaban J connectivity index is 1.29. The van der Waals surface area contributed by atoms with Crippen LogP contribution in [0, 0.1) is 5.92 Å². The maximum atomic E-state index is 12.4. The standard InChI is InChI=1S/C25H28N2O4/c28-23(26-22-13-7-4-10-19(22)14-18-8-2-1-3-9-18)17-31-25(30)20-15-24(29)27(16-20)21-11-5-6-12-21/h1-4,7-10,13,20-21H,5-6,11-12,14-17H2,(H,26,28)/t20-/m0/s1. The van der Waals surface area contributed by atoms with Gasteiger partial charge in [-0.05, 0) is 36.5 Å². The van der Waals surface area contributed by atoms with Crippen LogP contribution in [-0.4, -0.2) is 41.9 Å². The fourth-order valence-electron chi connectivity index (χ4n) is 4.51. The zero-order valence-electron chi connectivity index (χ0n) is 17.6. The molecule has 0 spiro atoms. The molecule has 2 fully saturated rings. The number of ether oxygens (including phenoxy) is 1. The first-order chi connectivity index (χ1) is 15.1. The Hall–Kier alpha value is -3.15. The van der Waals surface area contributed by atoms with Crippen molar-refractivity contribution >= 4 is 23.5 Å². The van der Waals surface area contributed by atoms with Crippen LogP contribution >= 0.6 is 0 Å². The maximum absolute atomic E-state index is 12.4. The minimum atomic E-state index is -0.480. The van der Waals surface area contributed by atoms with Gasteiger partial charge in [0.05, 0.1) is 5.92 Å². The number of hydrogen-bond donors (Lipinski definition) is 1. The molecule has 1 saturated heterocycles. The second kappa shape index (κ2) is 9.77. The largest absolute Gasteiger partial charge is 0.455 e. The SMILES string of the molecule is O=C(COC(=O)[C@H]1CC(=O)N(C2CCCC2)C1)Nc1ccccc1Cc1ccccc1. The van der Waals surface area contributed by atoms with Gasteiger partial charge in [-0.3, -0.25) is 14.4 Å². The Labute approximate surface area is 182 Å². The highest BCUT2D eigenvalue weighted by Gasteiger charge is 2.39. The lowest BCUT2D eigenvalue weighted by Gasteiger charge is -2.23. The molecule has 1 saturated carbocycles. The van der Waals surface area contributed by atoms with E-state index < -0.39 is 11.9 Å². The van der Waals surface area contributed by atoms with Crippen LogP contribution in [0.15, 0.2) is 54.6 Å². The van der Waals surface area contributed by atoms with Crippen LogP contribution < -0.4 is 5.32 Å². The number of carbonyl (C=O) groups is 3. The summed E-state index contributed by atoms with van der Waals surface area (Å²) in [4.78, 5) is 39.0. The van der Waals surface area contributed by atoms with Crippen LogP contribution in [0.2, 0.25) is 0 Å². The van der Waals surface area contributed by atoms with Crippen LogP contribution in [0.5, 0.6) is 0 Å². The number of para-hydroxylation sites is 1. The first-order valence-corrected chi connectivity index (χ1v) is 11.0. The number of nitrogens with one attached hydrogen (secondary N) is 1. The van der Waals surface area contributed by atoms with E-state index in [1.165, 1.54) is 0 Å². The van der Waals surface area contributed by atoms with Gasteiger partial charge in [0.2, 0.25) is 5.91 Å². The van der Waals surface area contributed by atoms with Gasteiger partial charge in [0.1, 0.15) is 0 Å². The molecular formula is C25H28N2O4. The third kappa shape index (κ3) is 5.32. The summed E-state index contributed by atoms with van der Waals surface area (Å²) >= 11 is 0. The van der Waals surface area contributed by atoms with Crippen LogP contribution in [-0.2, 0) is 25.5 Å². The lowest BCUT2D eigenvalue weighted by molar-refractivity contribution is -0.151. The number of likely N-dealkylation sites (tertiary alicyclic amines) is 1. The van der Waals surface area contributed by atoms with Gasteiger partial charge < -0.3 is 15.0 Å². The van der Waals surface area contributed by atoms with E-state index in [0.717, 1.165) is 36.8 Å². The molecule has 2 amide bonds. The lowest BCUT2D eigenvalue weighted by Crippen LogP contribution is -2.35. The van der Waals surface area contributed by atoms with Gasteiger partial charge in [0.15, 0.2) is 6.61 Å². The minimum Gasteiger partial charge on any atom is -0.455 e. The predicted octanol–water partition coefficient (Wildman–Crippen LogP) is 3.55. The summed E-state index contributed by atoms with van der Waals surface area (Å²) in [7, 11) is 0. The number of benzene rings is 2. The van der Waals surface area contributed by atoms with Crippen molar-refractivity contribution in [1.82, 2.24) is 4.90 Å². The van der Waals surface area contributed by atoms with Gasteiger partial charge >= 0.3 is 5.97 Å². The Morgan fingerprint density at radius 3 is 2.48 bits per heavy atom. The van der Waals surface area contributed by atoms with E-state index in [1.807, 2.05) is 59.5 Å². The summed E-state index contributed by atoms with van der Waals surface area (Å²) in [6, 6.07) is 17.9. The molecule has 2 aliphatic rings. The van der Waals surface area contributed by atoms with Crippen molar-refractivity contribution in [3.05, 3.63) is 65.7 Å². The summed E-state index contributed by atoms with van der Waals surface area (Å²) in [6.07, 6.45) is 5.16. The Kier molecular flexibility index (Phi) is 6.65. The minimum absolute atomic E-state index is 0.0214. The molecule has 0 unspecified atom stereocenters. The number of amides is 2. The van der Waals surface area contributed by atoms with Gasteiger partial charge in [0.25, 0.3) is 5.91 Å². The Morgan fingerprint density at radius 2 is 1.71 bits per heavy atom. The van der Waals surface area contributed by atoms with E-state index in [4.69, 9.17) is 4.74 Å². The molecular weight excluding hydrogens is 392 g/mol. The molecule has 4 rings (SSSR count). The summed E-state index contributed by atoms with van der Waals surface area (Å²) < 4.78 is 5.25. The van der Waals surface area contributed by atoms with Crippen molar-refractivity contribution in [1.29, 1.82) is 0 Å². The fraction of sp³-hybridized carbons (Fsp3) is 0.400. The normalized spacial score (nSPS) is 18.9. The van der Waals surface area contributed by atoms with Crippen molar-refractivity contribution in [2.75, 3.05) is 18.5 Å². The van der Waals surface area contributed by atoms with E-state index >= 15 is 0 Å². The average Bonchev–Trinajstić information content (AvgIpc) is 3.44. The monoisotopic (exact) mass is 420 g/mol. The van der Waals surface area contributed by atoms with E-state index in [9.17, 15) is 14.4 Å². The molecule has 31 heavy (non-hydrogen) atoms.